The first kappa shape index (κ1) is 19.7. The molecule has 2 aromatic carbocycles. The highest BCUT2D eigenvalue weighted by molar-refractivity contribution is 6.02. The van der Waals surface area contributed by atoms with E-state index in [2.05, 4.69) is 21.4 Å². The Hall–Kier alpha value is -3.93. The third-order valence-electron chi connectivity index (χ3n) is 6.69. The number of aromatic nitrogens is 3. The predicted octanol–water partition coefficient (Wildman–Crippen LogP) is 5.44. The molecule has 1 amide bonds. The summed E-state index contributed by atoms with van der Waals surface area (Å²) in [6.45, 7) is 0. The minimum atomic E-state index is -0.295. The number of anilines is 1. The summed E-state index contributed by atoms with van der Waals surface area (Å²) in [7, 11) is 0. The number of carbonyl (C=O) groups excluding carboxylic acids is 1. The summed E-state index contributed by atoms with van der Waals surface area (Å²) in [6, 6.07) is 22.1. The van der Waals surface area contributed by atoms with Crippen molar-refractivity contribution in [3.8, 4) is 16.9 Å². The smallest absolute Gasteiger partial charge is 0.258 e. The van der Waals surface area contributed by atoms with Crippen LogP contribution in [0.15, 0.2) is 85.3 Å². The zero-order valence-corrected chi connectivity index (χ0v) is 18.3. The zero-order chi connectivity index (χ0) is 22.2. The molecule has 1 aliphatic carbocycles. The number of carbonyl (C=O) groups is 1. The molecule has 1 aliphatic heterocycles. The number of pyridine rings is 1. The van der Waals surface area contributed by atoms with Gasteiger partial charge in [0.2, 0.25) is 0 Å². The van der Waals surface area contributed by atoms with Crippen LogP contribution in [-0.2, 0) is 0 Å². The number of para-hydroxylation sites is 2. The average Bonchev–Trinajstić information content (AvgIpc) is 3.56. The molecule has 0 spiro atoms. The van der Waals surface area contributed by atoms with Crippen molar-refractivity contribution in [2.45, 2.75) is 37.9 Å². The Morgan fingerprint density at radius 1 is 0.879 bits per heavy atom. The Balaban J connectivity index is 1.53. The van der Waals surface area contributed by atoms with E-state index in [1.807, 2.05) is 71.4 Å². The Morgan fingerprint density at radius 2 is 1.61 bits per heavy atom. The summed E-state index contributed by atoms with van der Waals surface area (Å²) in [5, 5.41) is 8.66. The van der Waals surface area contributed by atoms with E-state index in [0.29, 0.717) is 0 Å². The van der Waals surface area contributed by atoms with E-state index in [0.717, 1.165) is 59.4 Å². The second-order valence-corrected chi connectivity index (χ2v) is 8.69. The maximum atomic E-state index is 13.8. The Morgan fingerprint density at radius 3 is 2.39 bits per heavy atom. The third kappa shape index (κ3) is 3.48. The van der Waals surface area contributed by atoms with Gasteiger partial charge in [0.25, 0.3) is 5.91 Å². The Kier molecular flexibility index (Phi) is 4.91. The van der Waals surface area contributed by atoms with Crippen molar-refractivity contribution in [3.05, 3.63) is 96.4 Å². The van der Waals surface area contributed by atoms with Gasteiger partial charge in [0.1, 0.15) is 6.17 Å². The summed E-state index contributed by atoms with van der Waals surface area (Å²) in [4.78, 5) is 20.0. The molecule has 6 heteroatoms. The van der Waals surface area contributed by atoms with E-state index in [9.17, 15) is 4.79 Å². The molecule has 1 saturated carbocycles. The lowest BCUT2D eigenvalue weighted by Crippen LogP contribution is -2.47. The summed E-state index contributed by atoms with van der Waals surface area (Å²) in [5.74, 6) is 0.0920. The lowest BCUT2D eigenvalue weighted by Gasteiger charge is -2.41. The number of nitrogens with one attached hydrogen (secondary N) is 1. The normalized spacial score (nSPS) is 18.2. The number of nitrogens with zero attached hydrogens (tertiary/aromatic N) is 4. The number of benzene rings is 2. The first-order valence-electron chi connectivity index (χ1n) is 11.5. The molecule has 0 radical (unpaired) electrons. The van der Waals surface area contributed by atoms with Crippen LogP contribution in [0.1, 0.15) is 47.8 Å². The fourth-order valence-electron chi connectivity index (χ4n) is 5.09. The van der Waals surface area contributed by atoms with Crippen LogP contribution in [0.5, 0.6) is 0 Å². The maximum Gasteiger partial charge on any atom is 0.258 e. The van der Waals surface area contributed by atoms with Gasteiger partial charge in [-0.05, 0) is 49.2 Å². The highest BCUT2D eigenvalue weighted by Gasteiger charge is 2.40. The molecule has 2 aromatic heterocycles. The van der Waals surface area contributed by atoms with Gasteiger partial charge in [-0.3, -0.25) is 9.78 Å². The van der Waals surface area contributed by atoms with Gasteiger partial charge in [0.05, 0.1) is 16.9 Å². The van der Waals surface area contributed by atoms with Gasteiger partial charge in [-0.15, -0.1) is 0 Å². The van der Waals surface area contributed by atoms with Gasteiger partial charge in [0.15, 0.2) is 0 Å². The second-order valence-electron chi connectivity index (χ2n) is 8.69. The second kappa shape index (κ2) is 8.20. The van der Waals surface area contributed by atoms with Gasteiger partial charge in [0, 0.05) is 41.4 Å². The molecule has 6 nitrogen and oxygen atoms in total. The molecule has 0 bridgehead atoms. The van der Waals surface area contributed by atoms with Crippen LogP contribution in [-0.4, -0.2) is 31.6 Å². The maximum absolute atomic E-state index is 13.8. The van der Waals surface area contributed by atoms with Crippen molar-refractivity contribution in [1.29, 1.82) is 0 Å². The van der Waals surface area contributed by atoms with Gasteiger partial charge in [-0.25, -0.2) is 4.68 Å². The number of hydrogen-bond acceptors (Lipinski definition) is 4. The van der Waals surface area contributed by atoms with E-state index in [4.69, 9.17) is 5.10 Å². The van der Waals surface area contributed by atoms with Crippen LogP contribution in [0.3, 0.4) is 0 Å². The molecule has 0 saturated heterocycles. The molecule has 164 valence electrons. The quantitative estimate of drug-likeness (QED) is 0.463. The van der Waals surface area contributed by atoms with E-state index >= 15 is 0 Å². The molecule has 3 heterocycles. The van der Waals surface area contributed by atoms with Crippen LogP contribution in [0.4, 0.5) is 5.69 Å². The number of rotatable bonds is 4. The first-order valence-corrected chi connectivity index (χ1v) is 11.5. The molecule has 1 fully saturated rings. The van der Waals surface area contributed by atoms with Crippen molar-refractivity contribution in [2.75, 3.05) is 5.32 Å². The number of fused-ring (bicyclic) bond motifs is 1. The van der Waals surface area contributed by atoms with Crippen LogP contribution in [0.2, 0.25) is 0 Å². The predicted molar refractivity (Wildman–Crippen MR) is 128 cm³/mol. The van der Waals surface area contributed by atoms with Crippen LogP contribution < -0.4 is 5.32 Å². The van der Waals surface area contributed by atoms with Gasteiger partial charge in [-0.2, -0.15) is 5.10 Å². The summed E-state index contributed by atoms with van der Waals surface area (Å²) in [6.07, 6.45) is 9.70. The highest BCUT2D eigenvalue weighted by Crippen LogP contribution is 2.41. The van der Waals surface area contributed by atoms with E-state index in [1.54, 1.807) is 12.4 Å². The monoisotopic (exact) mass is 435 g/mol. The SMILES string of the molecule is O=C1c2ccccc2NC(c2cn(-c3ccccc3)nc2-c2ccncc2)N1C1CCCC1. The molecule has 1 atom stereocenters. The fraction of sp³-hybridized carbons (Fsp3) is 0.222. The topological polar surface area (TPSA) is 63.1 Å². The lowest BCUT2D eigenvalue weighted by atomic mass is 9.99. The summed E-state index contributed by atoms with van der Waals surface area (Å²) < 4.78 is 1.91. The summed E-state index contributed by atoms with van der Waals surface area (Å²) >= 11 is 0. The molecular weight excluding hydrogens is 410 g/mol. The zero-order valence-electron chi connectivity index (χ0n) is 18.3. The lowest BCUT2D eigenvalue weighted by molar-refractivity contribution is 0.0585. The van der Waals surface area contributed by atoms with E-state index in [1.165, 1.54) is 0 Å². The van der Waals surface area contributed by atoms with Gasteiger partial charge in [-0.1, -0.05) is 43.2 Å². The molecule has 4 aromatic rings. The minimum absolute atomic E-state index is 0.0920. The molecule has 6 rings (SSSR count). The van der Waals surface area contributed by atoms with Crippen molar-refractivity contribution in [3.63, 3.8) is 0 Å². The van der Waals surface area contributed by atoms with Crippen molar-refractivity contribution in [2.24, 2.45) is 0 Å². The average molecular weight is 436 g/mol. The highest BCUT2D eigenvalue weighted by atomic mass is 16.2. The van der Waals surface area contributed by atoms with Crippen LogP contribution in [0.25, 0.3) is 16.9 Å². The van der Waals surface area contributed by atoms with Crippen LogP contribution >= 0.6 is 0 Å². The van der Waals surface area contributed by atoms with E-state index < -0.39 is 0 Å². The molecule has 1 N–H and O–H groups in total. The van der Waals surface area contributed by atoms with E-state index in [-0.39, 0.29) is 18.1 Å². The van der Waals surface area contributed by atoms with Crippen LogP contribution in [0, 0.1) is 0 Å². The largest absolute Gasteiger partial charge is 0.361 e. The minimum Gasteiger partial charge on any atom is -0.361 e. The third-order valence-corrected chi connectivity index (χ3v) is 6.69. The molecular formula is C27H25N5O. The Labute approximate surface area is 192 Å². The molecule has 1 unspecified atom stereocenters. The Bertz CT molecular complexity index is 1280. The summed E-state index contributed by atoms with van der Waals surface area (Å²) in [5.41, 5.74) is 5.41. The van der Waals surface area contributed by atoms with Crippen molar-refractivity contribution in [1.82, 2.24) is 19.7 Å². The standard InChI is InChI=1S/C27H25N5O/c33-27-22-12-6-7-13-24(22)29-26(32(27)21-10-4-5-11-21)23-18-31(20-8-2-1-3-9-20)30-25(23)19-14-16-28-17-15-19/h1-3,6-9,12-18,21,26,29H,4-5,10-11H2. The van der Waals surface area contributed by atoms with Crippen molar-refractivity contribution < 1.29 is 4.79 Å². The fourth-order valence-corrected chi connectivity index (χ4v) is 5.09. The van der Waals surface area contributed by atoms with Gasteiger partial charge < -0.3 is 10.2 Å². The number of hydrogen-bond donors (Lipinski definition) is 1. The number of amides is 1. The van der Waals surface area contributed by atoms with Gasteiger partial charge >= 0.3 is 0 Å². The first-order chi connectivity index (χ1) is 16.3. The molecule has 2 aliphatic rings. The van der Waals surface area contributed by atoms with Crippen molar-refractivity contribution >= 4 is 11.6 Å². The molecule has 33 heavy (non-hydrogen) atoms.